The quantitative estimate of drug-likeness (QED) is 0.312. The lowest BCUT2D eigenvalue weighted by Gasteiger charge is -2.44. The van der Waals surface area contributed by atoms with Gasteiger partial charge in [-0.05, 0) is 29.8 Å². The third kappa shape index (κ3) is 7.89. The third-order valence-electron chi connectivity index (χ3n) is 5.55. The van der Waals surface area contributed by atoms with Crippen molar-refractivity contribution >= 4 is 29.6 Å². The number of benzene rings is 1. The molecule has 13 heteroatoms. The summed E-state index contributed by atoms with van der Waals surface area (Å²) in [5.41, 5.74) is 1.54. The lowest BCUT2D eigenvalue weighted by Crippen LogP contribution is -2.63. The van der Waals surface area contributed by atoms with Crippen molar-refractivity contribution in [2.75, 3.05) is 20.3 Å². The molecule has 0 saturated carbocycles. The standard InChI is InChI=1S/C25H31NO12/c1-13(27)32-12-21-22(34-14(2)28)23(35-15(3)29)24(36-16(4)30)25(37-21)33-11-19-10-20(26-38-19)17-6-8-18(31-5)9-7-17/h6-9,19,21-25H,10-12H2,1-5H3. The number of ether oxygens (including phenoxy) is 7. The van der Waals surface area contributed by atoms with Crippen LogP contribution in [0.4, 0.5) is 0 Å². The Morgan fingerprint density at radius 3 is 2.03 bits per heavy atom. The van der Waals surface area contributed by atoms with Crippen molar-refractivity contribution < 1.29 is 57.2 Å². The van der Waals surface area contributed by atoms with E-state index >= 15 is 0 Å². The van der Waals surface area contributed by atoms with Gasteiger partial charge in [-0.2, -0.15) is 0 Å². The van der Waals surface area contributed by atoms with Crippen molar-refractivity contribution in [3.8, 4) is 5.75 Å². The highest BCUT2D eigenvalue weighted by molar-refractivity contribution is 6.01. The molecule has 38 heavy (non-hydrogen) atoms. The van der Waals surface area contributed by atoms with Crippen molar-refractivity contribution in [3.63, 3.8) is 0 Å². The van der Waals surface area contributed by atoms with Gasteiger partial charge in [0.25, 0.3) is 0 Å². The molecule has 1 aromatic rings. The molecule has 1 fully saturated rings. The number of oxime groups is 1. The largest absolute Gasteiger partial charge is 0.497 e. The molecule has 0 N–H and O–H groups in total. The molecule has 0 aliphatic carbocycles. The Kier molecular flexibility index (Phi) is 10.0. The first kappa shape index (κ1) is 28.9. The summed E-state index contributed by atoms with van der Waals surface area (Å²) < 4.78 is 38.2. The molecule has 0 radical (unpaired) electrons. The van der Waals surface area contributed by atoms with Crippen LogP contribution in [0.2, 0.25) is 0 Å². The fraction of sp³-hybridized carbons (Fsp3) is 0.560. The third-order valence-corrected chi connectivity index (χ3v) is 5.55. The highest BCUT2D eigenvalue weighted by Crippen LogP contribution is 2.30. The zero-order chi connectivity index (χ0) is 27.8. The maximum absolute atomic E-state index is 11.9. The van der Waals surface area contributed by atoms with Crippen LogP contribution in [0.3, 0.4) is 0 Å². The van der Waals surface area contributed by atoms with E-state index in [9.17, 15) is 19.2 Å². The van der Waals surface area contributed by atoms with Crippen LogP contribution < -0.4 is 4.74 Å². The molecule has 6 atom stereocenters. The molecule has 1 saturated heterocycles. The van der Waals surface area contributed by atoms with Gasteiger partial charge in [0.05, 0.1) is 19.4 Å². The average molecular weight is 538 g/mol. The first-order valence-corrected chi connectivity index (χ1v) is 11.9. The van der Waals surface area contributed by atoms with Crippen molar-refractivity contribution in [2.45, 2.75) is 70.9 Å². The summed E-state index contributed by atoms with van der Waals surface area (Å²) in [7, 11) is 1.58. The van der Waals surface area contributed by atoms with E-state index in [-0.39, 0.29) is 13.2 Å². The van der Waals surface area contributed by atoms with Crippen LogP contribution in [0.15, 0.2) is 29.4 Å². The maximum Gasteiger partial charge on any atom is 0.303 e. The molecule has 3 rings (SSSR count). The minimum atomic E-state index is -1.31. The van der Waals surface area contributed by atoms with Crippen LogP contribution in [0.25, 0.3) is 0 Å². The van der Waals surface area contributed by atoms with Crippen LogP contribution in [0, 0.1) is 0 Å². The van der Waals surface area contributed by atoms with Gasteiger partial charge >= 0.3 is 23.9 Å². The van der Waals surface area contributed by atoms with Gasteiger partial charge in [0.15, 0.2) is 30.7 Å². The number of nitrogens with zero attached hydrogens (tertiary/aromatic N) is 1. The van der Waals surface area contributed by atoms with Gasteiger partial charge in [-0.1, -0.05) is 5.16 Å². The maximum atomic E-state index is 11.9. The second kappa shape index (κ2) is 13.2. The highest BCUT2D eigenvalue weighted by Gasteiger charge is 2.53. The fourth-order valence-electron chi connectivity index (χ4n) is 4.00. The lowest BCUT2D eigenvalue weighted by molar-refractivity contribution is -0.311. The molecule has 13 nitrogen and oxygen atoms in total. The molecule has 0 spiro atoms. The monoisotopic (exact) mass is 537 g/mol. The Balaban J connectivity index is 1.76. The van der Waals surface area contributed by atoms with E-state index in [1.54, 1.807) is 19.2 Å². The summed E-state index contributed by atoms with van der Waals surface area (Å²) in [4.78, 5) is 52.6. The molecule has 0 amide bonds. The summed E-state index contributed by atoms with van der Waals surface area (Å²) in [6.07, 6.45) is -6.35. The molecule has 2 aliphatic heterocycles. The molecule has 1 aromatic carbocycles. The summed E-state index contributed by atoms with van der Waals surface area (Å²) in [5.74, 6) is -2.07. The predicted molar refractivity (Wildman–Crippen MR) is 127 cm³/mol. The van der Waals surface area contributed by atoms with E-state index in [2.05, 4.69) is 5.16 Å². The van der Waals surface area contributed by atoms with E-state index in [1.165, 1.54) is 6.92 Å². The molecule has 2 aliphatic rings. The number of hydrogen-bond acceptors (Lipinski definition) is 13. The Morgan fingerprint density at radius 1 is 0.842 bits per heavy atom. The second-order valence-corrected chi connectivity index (χ2v) is 8.60. The minimum absolute atomic E-state index is 0.0447. The summed E-state index contributed by atoms with van der Waals surface area (Å²) in [6.45, 7) is 4.25. The van der Waals surface area contributed by atoms with Crippen molar-refractivity contribution in [2.24, 2.45) is 5.16 Å². The molecule has 208 valence electrons. The van der Waals surface area contributed by atoms with Crippen molar-refractivity contribution in [1.82, 2.24) is 0 Å². The topological polar surface area (TPSA) is 154 Å². The molecule has 2 heterocycles. The van der Waals surface area contributed by atoms with Crippen LogP contribution >= 0.6 is 0 Å². The number of methoxy groups -OCH3 is 1. The molecule has 6 unspecified atom stereocenters. The smallest absolute Gasteiger partial charge is 0.303 e. The van der Waals surface area contributed by atoms with Gasteiger partial charge in [0.2, 0.25) is 0 Å². The van der Waals surface area contributed by atoms with E-state index in [1.807, 2.05) is 12.1 Å². The molecular weight excluding hydrogens is 506 g/mol. The first-order chi connectivity index (χ1) is 18.1. The number of esters is 4. The van der Waals surface area contributed by atoms with E-state index in [0.717, 1.165) is 26.3 Å². The Labute approximate surface area is 219 Å². The number of hydrogen-bond donors (Lipinski definition) is 0. The van der Waals surface area contributed by atoms with Crippen LogP contribution in [0.1, 0.15) is 39.7 Å². The normalized spacial score (nSPS) is 26.4. The molecule has 0 aromatic heterocycles. The fourth-order valence-corrected chi connectivity index (χ4v) is 4.00. The summed E-state index contributed by atoms with van der Waals surface area (Å²) in [6, 6.07) is 7.31. The summed E-state index contributed by atoms with van der Waals surface area (Å²) in [5, 5.41) is 4.12. The van der Waals surface area contributed by atoms with Crippen LogP contribution in [-0.4, -0.2) is 86.7 Å². The predicted octanol–water partition coefficient (Wildman–Crippen LogP) is 1.29. The summed E-state index contributed by atoms with van der Waals surface area (Å²) >= 11 is 0. The minimum Gasteiger partial charge on any atom is -0.497 e. The van der Waals surface area contributed by atoms with Crippen molar-refractivity contribution in [3.05, 3.63) is 29.8 Å². The highest BCUT2D eigenvalue weighted by atomic mass is 16.7. The average Bonchev–Trinajstić information content (AvgIpc) is 3.33. The second-order valence-electron chi connectivity index (χ2n) is 8.60. The van der Waals surface area contributed by atoms with E-state index in [0.29, 0.717) is 17.9 Å². The molecule has 0 bridgehead atoms. The molecular formula is C25H31NO12. The first-order valence-electron chi connectivity index (χ1n) is 11.9. The van der Waals surface area contributed by atoms with E-state index < -0.39 is 60.7 Å². The van der Waals surface area contributed by atoms with Gasteiger partial charge in [-0.3, -0.25) is 19.2 Å². The number of carbonyl (C=O) groups excluding carboxylic acids is 4. The van der Waals surface area contributed by atoms with Gasteiger partial charge in [0.1, 0.15) is 18.5 Å². The number of carbonyl (C=O) groups is 4. The Morgan fingerprint density at radius 2 is 1.45 bits per heavy atom. The lowest BCUT2D eigenvalue weighted by atomic mass is 9.98. The zero-order valence-corrected chi connectivity index (χ0v) is 21.7. The number of rotatable bonds is 10. The van der Waals surface area contributed by atoms with E-state index in [4.69, 9.17) is 38.0 Å². The van der Waals surface area contributed by atoms with Gasteiger partial charge in [-0.15, -0.1) is 0 Å². The van der Waals surface area contributed by atoms with Crippen LogP contribution in [-0.2, 0) is 52.4 Å². The van der Waals surface area contributed by atoms with Gasteiger partial charge in [0, 0.05) is 34.1 Å². The Hall–Kier alpha value is -3.71. The van der Waals surface area contributed by atoms with Gasteiger partial charge < -0.3 is 38.0 Å². The SMILES string of the molecule is COc1ccc(C2=NOC(COC3OC(COC(C)=O)C(OC(C)=O)C(OC(C)=O)C3OC(C)=O)C2)cc1. The Bertz CT molecular complexity index is 1040. The van der Waals surface area contributed by atoms with Crippen LogP contribution in [0.5, 0.6) is 5.75 Å². The zero-order valence-electron chi connectivity index (χ0n) is 21.7. The van der Waals surface area contributed by atoms with Gasteiger partial charge in [-0.25, -0.2) is 0 Å². The van der Waals surface area contributed by atoms with Crippen molar-refractivity contribution in [1.29, 1.82) is 0 Å².